The maximum Gasteiger partial charge on any atom is 0.338 e. The molecule has 0 fully saturated rings. The number of hydrogen-bond donors (Lipinski definition) is 1. The van der Waals surface area contributed by atoms with E-state index < -0.39 is 28.4 Å². The summed E-state index contributed by atoms with van der Waals surface area (Å²) in [5, 5.41) is 4.32. The van der Waals surface area contributed by atoms with Crippen molar-refractivity contribution < 1.29 is 27.2 Å². The predicted molar refractivity (Wildman–Crippen MR) is 158 cm³/mol. The summed E-state index contributed by atoms with van der Waals surface area (Å²) in [4.78, 5) is 24.6. The van der Waals surface area contributed by atoms with Crippen LogP contribution in [0.5, 0.6) is 0 Å². The van der Waals surface area contributed by atoms with Crippen molar-refractivity contribution in [3.05, 3.63) is 106 Å². The molecular formula is C29H25Cl2N3O6S. The van der Waals surface area contributed by atoms with E-state index >= 15 is 0 Å². The average molecular weight is 615 g/mol. The molecule has 0 saturated carbocycles. The third-order valence-corrected chi connectivity index (χ3v) is 7.94. The third-order valence-electron chi connectivity index (χ3n) is 5.72. The quantitative estimate of drug-likeness (QED) is 0.131. The summed E-state index contributed by atoms with van der Waals surface area (Å²) in [6.07, 6.45) is 1.28. The Morgan fingerprint density at radius 1 is 0.976 bits per heavy atom. The molecule has 1 aromatic heterocycles. The van der Waals surface area contributed by atoms with E-state index in [1.54, 1.807) is 55.5 Å². The molecule has 1 heterocycles. The molecular weight excluding hydrogens is 589 g/mol. The first kappa shape index (κ1) is 29.9. The summed E-state index contributed by atoms with van der Waals surface area (Å²) >= 11 is 12.2. The van der Waals surface area contributed by atoms with Crippen molar-refractivity contribution >= 4 is 57.0 Å². The number of rotatable bonds is 10. The van der Waals surface area contributed by atoms with Crippen LogP contribution in [0.15, 0.2) is 93.3 Å². The highest BCUT2D eigenvalue weighted by Gasteiger charge is 2.28. The Bertz CT molecular complexity index is 1660. The third kappa shape index (κ3) is 7.55. The van der Waals surface area contributed by atoms with Crippen molar-refractivity contribution in [1.82, 2.24) is 5.43 Å². The number of furan rings is 1. The van der Waals surface area contributed by atoms with Crippen LogP contribution in [0.25, 0.3) is 11.3 Å². The van der Waals surface area contributed by atoms with Gasteiger partial charge in [0.25, 0.3) is 15.9 Å². The Morgan fingerprint density at radius 2 is 1.63 bits per heavy atom. The maximum absolute atomic E-state index is 13.5. The van der Waals surface area contributed by atoms with Gasteiger partial charge in [-0.3, -0.25) is 9.10 Å². The van der Waals surface area contributed by atoms with Gasteiger partial charge in [-0.2, -0.15) is 5.10 Å². The first-order valence-corrected chi connectivity index (χ1v) is 14.5. The van der Waals surface area contributed by atoms with Gasteiger partial charge in [-0.15, -0.1) is 0 Å². The Hall–Kier alpha value is -4.12. The van der Waals surface area contributed by atoms with Crippen LogP contribution < -0.4 is 9.73 Å². The van der Waals surface area contributed by atoms with Gasteiger partial charge in [0.15, 0.2) is 0 Å². The van der Waals surface area contributed by atoms with Gasteiger partial charge in [-0.1, -0.05) is 53.0 Å². The molecule has 9 nitrogen and oxygen atoms in total. The van der Waals surface area contributed by atoms with E-state index in [1.165, 1.54) is 36.5 Å². The van der Waals surface area contributed by atoms with E-state index in [0.29, 0.717) is 17.1 Å². The number of sulfonamides is 1. The number of carbonyl (C=O) groups is 2. The fraction of sp³-hybridized carbons (Fsp3) is 0.138. The summed E-state index contributed by atoms with van der Waals surface area (Å²) in [6, 6.07) is 20.6. The van der Waals surface area contributed by atoms with Gasteiger partial charge in [0.2, 0.25) is 0 Å². The highest BCUT2D eigenvalue weighted by molar-refractivity contribution is 7.92. The van der Waals surface area contributed by atoms with Gasteiger partial charge in [0.05, 0.1) is 29.0 Å². The molecule has 0 unspecified atom stereocenters. The van der Waals surface area contributed by atoms with Crippen molar-refractivity contribution in [2.45, 2.75) is 18.7 Å². The van der Waals surface area contributed by atoms with E-state index in [1.807, 2.05) is 6.92 Å². The first-order valence-electron chi connectivity index (χ1n) is 12.3. The smallest absolute Gasteiger partial charge is 0.338 e. The maximum atomic E-state index is 13.5. The number of nitrogens with one attached hydrogen (secondary N) is 1. The lowest BCUT2D eigenvalue weighted by molar-refractivity contribution is -0.119. The Labute approximate surface area is 247 Å². The summed E-state index contributed by atoms with van der Waals surface area (Å²) in [6.45, 7) is 3.26. The number of anilines is 1. The molecule has 41 heavy (non-hydrogen) atoms. The Balaban J connectivity index is 1.48. The number of ether oxygens (including phenoxy) is 1. The number of carbonyl (C=O) groups excluding carboxylic acids is 2. The highest BCUT2D eigenvalue weighted by Crippen LogP contribution is 2.30. The predicted octanol–water partition coefficient (Wildman–Crippen LogP) is 6.08. The lowest BCUT2D eigenvalue weighted by atomic mass is 10.1. The van der Waals surface area contributed by atoms with E-state index in [-0.39, 0.29) is 27.2 Å². The molecule has 0 saturated heterocycles. The highest BCUT2D eigenvalue weighted by atomic mass is 35.5. The molecule has 212 valence electrons. The SMILES string of the molecule is CCOC(=O)c1ccc(-c2ccc(/C=N\NC(=O)CN(c3cc(Cl)cc(Cl)c3)S(=O)(=O)c3ccc(C)cc3)o2)cc1. The van der Waals surface area contributed by atoms with Gasteiger partial charge < -0.3 is 9.15 Å². The second-order valence-corrected chi connectivity index (χ2v) is 11.5. The number of hydrazone groups is 1. The van der Waals surface area contributed by atoms with Crippen molar-refractivity contribution in [1.29, 1.82) is 0 Å². The largest absolute Gasteiger partial charge is 0.462 e. The zero-order valence-corrected chi connectivity index (χ0v) is 24.3. The minimum Gasteiger partial charge on any atom is -0.462 e. The topological polar surface area (TPSA) is 118 Å². The fourth-order valence-corrected chi connectivity index (χ4v) is 5.65. The number of amides is 1. The van der Waals surface area contributed by atoms with Crippen LogP contribution in [0.1, 0.15) is 28.6 Å². The van der Waals surface area contributed by atoms with Crippen molar-refractivity contribution in [2.24, 2.45) is 5.10 Å². The second-order valence-electron chi connectivity index (χ2n) is 8.75. The first-order chi connectivity index (χ1) is 19.6. The van der Waals surface area contributed by atoms with Gasteiger partial charge >= 0.3 is 5.97 Å². The standard InChI is InChI=1S/C29H25Cl2N3O6S/c1-3-39-29(36)21-8-6-20(7-9-21)27-13-10-25(40-27)17-32-33-28(35)18-34(24-15-22(30)14-23(31)16-24)41(37,38)26-11-4-19(2)5-12-26/h4-17H,3,18H2,1-2H3,(H,33,35)/b32-17-. The van der Waals surface area contributed by atoms with Gasteiger partial charge in [-0.05, 0) is 68.4 Å². The van der Waals surface area contributed by atoms with Gasteiger partial charge in [-0.25, -0.2) is 18.6 Å². The zero-order valence-electron chi connectivity index (χ0n) is 22.0. The number of aryl methyl sites for hydroxylation is 1. The normalized spacial score (nSPS) is 11.4. The molecule has 0 aliphatic rings. The number of esters is 1. The van der Waals surface area contributed by atoms with Crippen molar-refractivity contribution in [3.8, 4) is 11.3 Å². The Morgan fingerprint density at radius 3 is 2.27 bits per heavy atom. The number of nitrogens with zero attached hydrogens (tertiary/aromatic N) is 2. The summed E-state index contributed by atoms with van der Waals surface area (Å²) in [5.41, 5.74) is 4.46. The van der Waals surface area contributed by atoms with E-state index in [9.17, 15) is 18.0 Å². The average Bonchev–Trinajstić information content (AvgIpc) is 3.40. The fourth-order valence-electron chi connectivity index (χ4n) is 3.73. The van der Waals surface area contributed by atoms with E-state index in [0.717, 1.165) is 15.4 Å². The number of halogens is 2. The second kappa shape index (κ2) is 13.0. The monoisotopic (exact) mass is 613 g/mol. The van der Waals surface area contributed by atoms with Gasteiger partial charge in [0.1, 0.15) is 18.1 Å². The molecule has 0 radical (unpaired) electrons. The van der Waals surface area contributed by atoms with E-state index in [4.69, 9.17) is 32.4 Å². The zero-order chi connectivity index (χ0) is 29.6. The van der Waals surface area contributed by atoms with Gasteiger partial charge in [0, 0.05) is 15.6 Å². The summed E-state index contributed by atoms with van der Waals surface area (Å²) in [7, 11) is -4.16. The molecule has 0 spiro atoms. The van der Waals surface area contributed by atoms with E-state index in [2.05, 4.69) is 10.5 Å². The Kier molecular flexibility index (Phi) is 9.49. The molecule has 0 bridgehead atoms. The minimum absolute atomic E-state index is 0.00565. The molecule has 0 atom stereocenters. The van der Waals surface area contributed by atoms with Crippen LogP contribution in [0.2, 0.25) is 10.0 Å². The number of benzene rings is 3. The minimum atomic E-state index is -4.16. The summed E-state index contributed by atoms with van der Waals surface area (Å²) < 4.78 is 38.7. The molecule has 4 rings (SSSR count). The molecule has 4 aromatic rings. The molecule has 1 N–H and O–H groups in total. The molecule has 1 amide bonds. The van der Waals surface area contributed by atoms with Crippen molar-refractivity contribution in [2.75, 3.05) is 17.5 Å². The van der Waals surface area contributed by atoms with Crippen LogP contribution in [0.4, 0.5) is 5.69 Å². The lowest BCUT2D eigenvalue weighted by Gasteiger charge is -2.24. The lowest BCUT2D eigenvalue weighted by Crippen LogP contribution is -2.39. The van der Waals surface area contributed by atoms with Crippen LogP contribution in [-0.4, -0.2) is 39.7 Å². The molecule has 0 aliphatic carbocycles. The molecule has 3 aromatic carbocycles. The van der Waals surface area contributed by atoms with Crippen LogP contribution in [-0.2, 0) is 19.6 Å². The summed E-state index contributed by atoms with van der Waals surface area (Å²) in [5.74, 6) is -0.276. The van der Waals surface area contributed by atoms with Crippen LogP contribution >= 0.6 is 23.2 Å². The molecule has 0 aliphatic heterocycles. The van der Waals surface area contributed by atoms with Crippen molar-refractivity contribution in [3.63, 3.8) is 0 Å². The number of hydrogen-bond acceptors (Lipinski definition) is 7. The van der Waals surface area contributed by atoms with Crippen LogP contribution in [0, 0.1) is 6.92 Å². The molecule has 12 heteroatoms. The van der Waals surface area contributed by atoms with Crippen LogP contribution in [0.3, 0.4) is 0 Å².